The Labute approximate surface area is 88.0 Å². The first-order valence-corrected chi connectivity index (χ1v) is 4.65. The van der Waals surface area contributed by atoms with Crippen LogP contribution in [0.2, 0.25) is 0 Å². The van der Waals surface area contributed by atoms with Crippen LogP contribution in [0.25, 0.3) is 11.1 Å². The Hall–Kier alpha value is -1.94. The van der Waals surface area contributed by atoms with Gasteiger partial charge in [0, 0.05) is 30.2 Å². The molecule has 0 aliphatic rings. The van der Waals surface area contributed by atoms with Gasteiger partial charge < -0.3 is 11.5 Å². The third kappa shape index (κ3) is 1.94. The van der Waals surface area contributed by atoms with Gasteiger partial charge in [-0.15, -0.1) is 0 Å². The molecular formula is C11H12N4. The minimum atomic E-state index is 0.456. The van der Waals surface area contributed by atoms with E-state index >= 15 is 0 Å². The molecule has 0 spiro atoms. The lowest BCUT2D eigenvalue weighted by Gasteiger charge is -2.05. The largest absolute Gasteiger partial charge is 0.398 e. The predicted molar refractivity (Wildman–Crippen MR) is 59.8 cm³/mol. The van der Waals surface area contributed by atoms with E-state index in [-0.39, 0.29) is 0 Å². The van der Waals surface area contributed by atoms with E-state index in [1.165, 1.54) is 6.33 Å². The summed E-state index contributed by atoms with van der Waals surface area (Å²) in [7, 11) is 0. The average molecular weight is 200 g/mol. The Morgan fingerprint density at radius 1 is 1.07 bits per heavy atom. The first-order valence-electron chi connectivity index (χ1n) is 4.65. The summed E-state index contributed by atoms with van der Waals surface area (Å²) in [6, 6.07) is 5.79. The lowest BCUT2D eigenvalue weighted by molar-refractivity contribution is 1.08. The second kappa shape index (κ2) is 4.06. The number of nitrogens with zero attached hydrogens (tertiary/aromatic N) is 2. The van der Waals surface area contributed by atoms with Gasteiger partial charge in [0.25, 0.3) is 0 Å². The van der Waals surface area contributed by atoms with Gasteiger partial charge in [0.2, 0.25) is 0 Å². The van der Waals surface area contributed by atoms with Crippen molar-refractivity contribution in [2.75, 3.05) is 5.73 Å². The molecule has 0 unspecified atom stereocenters. The van der Waals surface area contributed by atoms with Crippen molar-refractivity contribution in [3.05, 3.63) is 42.5 Å². The van der Waals surface area contributed by atoms with Crippen LogP contribution < -0.4 is 11.5 Å². The maximum atomic E-state index is 5.85. The Morgan fingerprint density at radius 2 is 1.80 bits per heavy atom. The fourth-order valence-electron chi connectivity index (χ4n) is 1.41. The molecule has 4 N–H and O–H groups in total. The molecule has 0 atom stereocenters. The molecule has 4 nitrogen and oxygen atoms in total. The molecule has 4 heteroatoms. The van der Waals surface area contributed by atoms with Crippen molar-refractivity contribution in [2.24, 2.45) is 5.73 Å². The highest BCUT2D eigenvalue weighted by Crippen LogP contribution is 2.22. The van der Waals surface area contributed by atoms with Crippen molar-refractivity contribution in [3.63, 3.8) is 0 Å². The molecule has 1 aromatic carbocycles. The zero-order valence-electron chi connectivity index (χ0n) is 8.22. The zero-order chi connectivity index (χ0) is 10.7. The van der Waals surface area contributed by atoms with Gasteiger partial charge in [-0.25, -0.2) is 9.97 Å². The number of nitrogen functional groups attached to an aromatic ring is 1. The van der Waals surface area contributed by atoms with Crippen LogP contribution in [0.1, 0.15) is 5.56 Å². The fourth-order valence-corrected chi connectivity index (χ4v) is 1.41. The second-order valence-electron chi connectivity index (χ2n) is 3.24. The Bertz CT molecular complexity index is 453. The molecule has 1 heterocycles. The lowest BCUT2D eigenvalue weighted by atomic mass is 10.1. The number of hydrogen-bond acceptors (Lipinski definition) is 4. The first-order chi connectivity index (χ1) is 7.31. The number of hydrogen-bond donors (Lipinski definition) is 2. The van der Waals surface area contributed by atoms with Crippen LogP contribution in [-0.2, 0) is 6.54 Å². The topological polar surface area (TPSA) is 77.8 Å². The molecule has 0 amide bonds. The number of aromatic nitrogens is 2. The van der Waals surface area contributed by atoms with E-state index < -0.39 is 0 Å². The van der Waals surface area contributed by atoms with Gasteiger partial charge in [0.05, 0.1) is 0 Å². The maximum absolute atomic E-state index is 5.85. The zero-order valence-corrected chi connectivity index (χ0v) is 8.22. The Balaban J connectivity index is 2.43. The van der Waals surface area contributed by atoms with Crippen molar-refractivity contribution in [3.8, 4) is 11.1 Å². The van der Waals surface area contributed by atoms with E-state index in [9.17, 15) is 0 Å². The fraction of sp³-hybridized carbons (Fsp3) is 0.0909. The Morgan fingerprint density at radius 3 is 2.40 bits per heavy atom. The van der Waals surface area contributed by atoms with Crippen molar-refractivity contribution in [1.82, 2.24) is 9.97 Å². The summed E-state index contributed by atoms with van der Waals surface area (Å²) in [5, 5.41) is 0. The van der Waals surface area contributed by atoms with Gasteiger partial charge in [-0.05, 0) is 17.2 Å². The highest BCUT2D eigenvalue weighted by atomic mass is 14.8. The second-order valence-corrected chi connectivity index (χ2v) is 3.24. The SMILES string of the molecule is NCc1ccc(-c2cncnc2)cc1N. The molecular weight excluding hydrogens is 188 g/mol. The minimum Gasteiger partial charge on any atom is -0.398 e. The predicted octanol–water partition coefficient (Wildman–Crippen LogP) is 1.18. The van der Waals surface area contributed by atoms with E-state index in [4.69, 9.17) is 11.5 Å². The first kappa shape index (κ1) is 9.61. The van der Waals surface area contributed by atoms with E-state index in [1.54, 1.807) is 12.4 Å². The van der Waals surface area contributed by atoms with Crippen LogP contribution in [0, 0.1) is 0 Å². The van der Waals surface area contributed by atoms with Gasteiger partial charge in [0.15, 0.2) is 0 Å². The lowest BCUT2D eigenvalue weighted by Crippen LogP contribution is -2.01. The normalized spacial score (nSPS) is 10.2. The summed E-state index contributed by atoms with van der Waals surface area (Å²) in [6.45, 7) is 0.456. The summed E-state index contributed by atoms with van der Waals surface area (Å²) < 4.78 is 0. The number of benzene rings is 1. The molecule has 0 radical (unpaired) electrons. The van der Waals surface area contributed by atoms with E-state index in [1.807, 2.05) is 18.2 Å². The quantitative estimate of drug-likeness (QED) is 0.714. The van der Waals surface area contributed by atoms with Crippen molar-refractivity contribution in [2.45, 2.75) is 6.54 Å². The van der Waals surface area contributed by atoms with Gasteiger partial charge in [-0.3, -0.25) is 0 Å². The van der Waals surface area contributed by atoms with Crippen LogP contribution in [-0.4, -0.2) is 9.97 Å². The summed E-state index contributed by atoms with van der Waals surface area (Å²) in [5.74, 6) is 0. The third-order valence-electron chi connectivity index (χ3n) is 2.26. The molecule has 0 aliphatic heterocycles. The van der Waals surface area contributed by atoms with Crippen LogP contribution in [0.15, 0.2) is 36.9 Å². The molecule has 0 saturated heterocycles. The maximum Gasteiger partial charge on any atom is 0.115 e. The minimum absolute atomic E-state index is 0.456. The van der Waals surface area contributed by atoms with Crippen LogP contribution >= 0.6 is 0 Å². The average Bonchev–Trinajstić information content (AvgIpc) is 2.30. The molecule has 0 bridgehead atoms. The van der Waals surface area contributed by atoms with Crippen LogP contribution in [0.4, 0.5) is 5.69 Å². The van der Waals surface area contributed by atoms with Gasteiger partial charge >= 0.3 is 0 Å². The van der Waals surface area contributed by atoms with Gasteiger partial charge in [-0.2, -0.15) is 0 Å². The number of nitrogens with two attached hydrogens (primary N) is 2. The van der Waals surface area contributed by atoms with Crippen molar-refractivity contribution < 1.29 is 0 Å². The van der Waals surface area contributed by atoms with E-state index in [0.29, 0.717) is 12.2 Å². The highest BCUT2D eigenvalue weighted by Gasteiger charge is 2.01. The monoisotopic (exact) mass is 200 g/mol. The van der Waals surface area contributed by atoms with Crippen LogP contribution in [0.3, 0.4) is 0 Å². The van der Waals surface area contributed by atoms with E-state index in [2.05, 4.69) is 9.97 Å². The molecule has 0 fully saturated rings. The number of rotatable bonds is 2. The molecule has 0 saturated carbocycles. The van der Waals surface area contributed by atoms with E-state index in [0.717, 1.165) is 16.7 Å². The summed E-state index contributed by atoms with van der Waals surface area (Å²) in [5.41, 5.74) is 15.0. The smallest absolute Gasteiger partial charge is 0.115 e. The molecule has 2 rings (SSSR count). The standard InChI is InChI=1S/C11H12N4/c12-4-9-2-1-8(3-11(9)13)10-5-14-7-15-6-10/h1-3,5-7H,4,12-13H2. The van der Waals surface area contributed by atoms with Gasteiger partial charge in [-0.1, -0.05) is 12.1 Å². The molecule has 76 valence electrons. The van der Waals surface area contributed by atoms with Crippen molar-refractivity contribution in [1.29, 1.82) is 0 Å². The van der Waals surface area contributed by atoms with Crippen LogP contribution in [0.5, 0.6) is 0 Å². The third-order valence-corrected chi connectivity index (χ3v) is 2.26. The number of anilines is 1. The molecule has 15 heavy (non-hydrogen) atoms. The molecule has 0 aliphatic carbocycles. The van der Waals surface area contributed by atoms with Crippen molar-refractivity contribution >= 4 is 5.69 Å². The van der Waals surface area contributed by atoms with Gasteiger partial charge in [0.1, 0.15) is 6.33 Å². The summed E-state index contributed by atoms with van der Waals surface area (Å²) >= 11 is 0. The summed E-state index contributed by atoms with van der Waals surface area (Å²) in [6.07, 6.45) is 5.01. The summed E-state index contributed by atoms with van der Waals surface area (Å²) in [4.78, 5) is 7.91. The Kier molecular flexibility index (Phi) is 2.60. The highest BCUT2D eigenvalue weighted by molar-refractivity contribution is 5.67. The molecule has 1 aromatic heterocycles. The molecule has 2 aromatic rings.